The number of aliphatic hydroxyl groups excluding tert-OH is 1. The number of carbonyl (C=O) groups is 1. The molecule has 3 N–H and O–H groups in total. The number of hydrogen-bond donors (Lipinski definition) is 3. The van der Waals surface area contributed by atoms with Crippen LogP contribution in [-0.4, -0.2) is 35.4 Å². The molecule has 90 valence electrons. The van der Waals surface area contributed by atoms with Gasteiger partial charge in [-0.3, -0.25) is 4.79 Å². The molecule has 0 aliphatic heterocycles. The van der Waals surface area contributed by atoms with Gasteiger partial charge in [0.25, 0.3) is 0 Å². The fourth-order valence-electron chi connectivity index (χ4n) is 1.38. The summed E-state index contributed by atoms with van der Waals surface area (Å²) in [5.74, 6) is -0.722. The minimum absolute atomic E-state index is 0.0322. The number of hydrogen-bond acceptors (Lipinski definition) is 3. The third-order valence-electron chi connectivity index (χ3n) is 2.98. The second-order valence-corrected chi connectivity index (χ2v) is 4.11. The number of nitrogens with one attached hydrogen (secondary N) is 1. The van der Waals surface area contributed by atoms with Crippen LogP contribution in [-0.2, 0) is 4.79 Å². The first kappa shape index (κ1) is 14.4. The lowest BCUT2D eigenvalue weighted by Gasteiger charge is -2.21. The first-order valence-corrected chi connectivity index (χ1v) is 5.59. The highest BCUT2D eigenvalue weighted by molar-refractivity contribution is 5.70. The maximum Gasteiger partial charge on any atom is 0.307 e. The number of carboxylic acids is 1. The third kappa shape index (κ3) is 5.74. The fourth-order valence-corrected chi connectivity index (χ4v) is 1.38. The summed E-state index contributed by atoms with van der Waals surface area (Å²) in [4.78, 5) is 10.7. The predicted molar refractivity (Wildman–Crippen MR) is 59.7 cm³/mol. The van der Waals surface area contributed by atoms with Crippen molar-refractivity contribution in [2.75, 3.05) is 13.2 Å². The first-order chi connectivity index (χ1) is 7.02. The molecule has 0 aromatic rings. The van der Waals surface area contributed by atoms with E-state index in [-0.39, 0.29) is 18.6 Å². The van der Waals surface area contributed by atoms with E-state index in [9.17, 15) is 4.79 Å². The molecule has 0 rings (SSSR count). The standard InChI is InChI=1S/C11H23NO3/c1-4-10(5-6-13)7-12-9(3)8(2)11(14)15/h8-10,12-13H,4-7H2,1-3H3,(H,14,15). The normalized spacial score (nSPS) is 17.1. The van der Waals surface area contributed by atoms with Gasteiger partial charge in [0, 0.05) is 12.6 Å². The molecular weight excluding hydrogens is 194 g/mol. The second kappa shape index (κ2) is 7.65. The summed E-state index contributed by atoms with van der Waals surface area (Å²) in [7, 11) is 0. The lowest BCUT2D eigenvalue weighted by atomic mass is 10.00. The lowest BCUT2D eigenvalue weighted by Crippen LogP contribution is -2.38. The Labute approximate surface area is 91.7 Å². The number of aliphatic hydroxyl groups is 1. The molecule has 0 saturated carbocycles. The van der Waals surface area contributed by atoms with E-state index >= 15 is 0 Å². The molecular formula is C11H23NO3. The molecule has 15 heavy (non-hydrogen) atoms. The predicted octanol–water partition coefficient (Wildman–Crippen LogP) is 1.09. The highest BCUT2D eigenvalue weighted by Crippen LogP contribution is 2.08. The van der Waals surface area contributed by atoms with E-state index in [1.54, 1.807) is 6.92 Å². The Bertz CT molecular complexity index is 185. The minimum atomic E-state index is -0.773. The van der Waals surface area contributed by atoms with Gasteiger partial charge in [-0.15, -0.1) is 0 Å². The van der Waals surface area contributed by atoms with Crippen LogP contribution in [0.5, 0.6) is 0 Å². The molecule has 0 amide bonds. The van der Waals surface area contributed by atoms with Crippen LogP contribution in [0.2, 0.25) is 0 Å². The van der Waals surface area contributed by atoms with Gasteiger partial charge >= 0.3 is 5.97 Å². The molecule has 4 nitrogen and oxygen atoms in total. The smallest absolute Gasteiger partial charge is 0.307 e. The summed E-state index contributed by atoms with van der Waals surface area (Å²) in [5, 5.41) is 20.8. The molecule has 0 radical (unpaired) electrons. The van der Waals surface area contributed by atoms with Gasteiger partial charge in [-0.25, -0.2) is 0 Å². The summed E-state index contributed by atoms with van der Waals surface area (Å²) in [6.07, 6.45) is 1.78. The van der Waals surface area contributed by atoms with Crippen molar-refractivity contribution in [3.63, 3.8) is 0 Å². The van der Waals surface area contributed by atoms with Gasteiger partial charge in [0.05, 0.1) is 5.92 Å². The van der Waals surface area contributed by atoms with E-state index in [2.05, 4.69) is 12.2 Å². The molecule has 0 bridgehead atoms. The topological polar surface area (TPSA) is 69.6 Å². The highest BCUT2D eigenvalue weighted by atomic mass is 16.4. The Balaban J connectivity index is 3.86. The van der Waals surface area contributed by atoms with Crippen molar-refractivity contribution in [1.82, 2.24) is 5.32 Å². The van der Waals surface area contributed by atoms with Crippen molar-refractivity contribution in [3.05, 3.63) is 0 Å². The van der Waals surface area contributed by atoms with E-state index in [4.69, 9.17) is 10.2 Å². The summed E-state index contributed by atoms with van der Waals surface area (Å²) in [5.41, 5.74) is 0. The van der Waals surface area contributed by atoms with E-state index in [1.807, 2.05) is 6.92 Å². The summed E-state index contributed by atoms with van der Waals surface area (Å²) < 4.78 is 0. The van der Waals surface area contributed by atoms with E-state index < -0.39 is 5.97 Å². The van der Waals surface area contributed by atoms with Crippen molar-refractivity contribution in [2.45, 2.75) is 39.7 Å². The Morgan fingerprint density at radius 2 is 2.00 bits per heavy atom. The molecule has 4 heteroatoms. The van der Waals surface area contributed by atoms with Crippen LogP contribution < -0.4 is 5.32 Å². The van der Waals surface area contributed by atoms with Gasteiger partial charge < -0.3 is 15.5 Å². The fraction of sp³-hybridized carbons (Fsp3) is 0.909. The van der Waals surface area contributed by atoms with E-state index in [0.717, 1.165) is 19.4 Å². The molecule has 0 saturated heterocycles. The molecule has 0 heterocycles. The van der Waals surface area contributed by atoms with Crippen LogP contribution in [0.4, 0.5) is 0 Å². The van der Waals surface area contributed by atoms with Gasteiger partial charge in [0.2, 0.25) is 0 Å². The number of rotatable bonds is 8. The Morgan fingerprint density at radius 1 is 1.40 bits per heavy atom. The third-order valence-corrected chi connectivity index (χ3v) is 2.98. The molecule has 0 aliphatic carbocycles. The quantitative estimate of drug-likeness (QED) is 0.569. The lowest BCUT2D eigenvalue weighted by molar-refractivity contribution is -0.141. The second-order valence-electron chi connectivity index (χ2n) is 4.11. The zero-order chi connectivity index (χ0) is 11.8. The molecule has 0 aliphatic rings. The van der Waals surface area contributed by atoms with Crippen molar-refractivity contribution in [2.24, 2.45) is 11.8 Å². The Morgan fingerprint density at radius 3 is 2.40 bits per heavy atom. The molecule has 0 fully saturated rings. The van der Waals surface area contributed by atoms with E-state index in [0.29, 0.717) is 5.92 Å². The molecule has 0 aromatic carbocycles. The van der Waals surface area contributed by atoms with Crippen LogP contribution in [0.1, 0.15) is 33.6 Å². The largest absolute Gasteiger partial charge is 0.481 e. The van der Waals surface area contributed by atoms with Crippen LogP contribution >= 0.6 is 0 Å². The van der Waals surface area contributed by atoms with Crippen LogP contribution in [0.25, 0.3) is 0 Å². The summed E-state index contributed by atoms with van der Waals surface area (Å²) in [6.45, 7) is 6.63. The maximum absolute atomic E-state index is 10.7. The maximum atomic E-state index is 10.7. The average Bonchev–Trinajstić information content (AvgIpc) is 2.22. The first-order valence-electron chi connectivity index (χ1n) is 5.59. The van der Waals surface area contributed by atoms with Crippen molar-refractivity contribution in [1.29, 1.82) is 0 Å². The zero-order valence-electron chi connectivity index (χ0n) is 9.86. The Hall–Kier alpha value is -0.610. The van der Waals surface area contributed by atoms with Crippen LogP contribution in [0.3, 0.4) is 0 Å². The molecule has 0 aromatic heterocycles. The van der Waals surface area contributed by atoms with Gasteiger partial charge in [0.1, 0.15) is 0 Å². The van der Waals surface area contributed by atoms with Crippen LogP contribution in [0.15, 0.2) is 0 Å². The highest BCUT2D eigenvalue weighted by Gasteiger charge is 2.19. The molecule has 0 spiro atoms. The van der Waals surface area contributed by atoms with Crippen molar-refractivity contribution in [3.8, 4) is 0 Å². The summed E-state index contributed by atoms with van der Waals surface area (Å²) in [6, 6.07) is -0.0322. The van der Waals surface area contributed by atoms with Gasteiger partial charge in [0.15, 0.2) is 0 Å². The minimum Gasteiger partial charge on any atom is -0.481 e. The van der Waals surface area contributed by atoms with Gasteiger partial charge in [-0.2, -0.15) is 0 Å². The monoisotopic (exact) mass is 217 g/mol. The Kier molecular flexibility index (Phi) is 7.34. The van der Waals surface area contributed by atoms with Gasteiger partial charge in [-0.05, 0) is 25.8 Å². The van der Waals surface area contributed by atoms with Crippen molar-refractivity contribution < 1.29 is 15.0 Å². The SMILES string of the molecule is CCC(CCO)CNC(C)C(C)C(=O)O. The zero-order valence-corrected chi connectivity index (χ0v) is 9.86. The van der Waals surface area contributed by atoms with E-state index in [1.165, 1.54) is 0 Å². The summed E-state index contributed by atoms with van der Waals surface area (Å²) >= 11 is 0. The number of carboxylic acid groups (broad SMARTS) is 1. The van der Waals surface area contributed by atoms with Crippen LogP contribution in [0, 0.1) is 11.8 Å². The van der Waals surface area contributed by atoms with Gasteiger partial charge in [-0.1, -0.05) is 20.3 Å². The molecule has 3 unspecified atom stereocenters. The van der Waals surface area contributed by atoms with Crippen molar-refractivity contribution >= 4 is 5.97 Å². The average molecular weight is 217 g/mol. The number of aliphatic carboxylic acids is 1. The molecule has 3 atom stereocenters.